The maximum absolute atomic E-state index is 9.19. The quantitative estimate of drug-likeness (QED) is 0.708. The van der Waals surface area contributed by atoms with Crippen LogP contribution in [0, 0.1) is 16.7 Å². The zero-order chi connectivity index (χ0) is 10.1. The van der Waals surface area contributed by atoms with Gasteiger partial charge >= 0.3 is 0 Å². The van der Waals surface area contributed by atoms with Crippen molar-refractivity contribution in [2.45, 2.75) is 58.5 Å². The molecule has 0 amide bonds. The molecule has 0 radical (unpaired) electrons. The molecule has 1 fully saturated rings. The third kappa shape index (κ3) is 2.45. The van der Waals surface area contributed by atoms with Gasteiger partial charge in [-0.2, -0.15) is 5.26 Å². The highest BCUT2D eigenvalue weighted by Crippen LogP contribution is 2.43. The molecule has 1 rings (SSSR count). The van der Waals surface area contributed by atoms with Crippen molar-refractivity contribution in [1.82, 2.24) is 5.32 Å². The van der Waals surface area contributed by atoms with Crippen LogP contribution in [0.1, 0.15) is 47.0 Å². The summed E-state index contributed by atoms with van der Waals surface area (Å²) in [4.78, 5) is 0. The molecule has 1 N–H and O–H groups in total. The first-order valence-corrected chi connectivity index (χ1v) is 5.08. The highest BCUT2D eigenvalue weighted by molar-refractivity contribution is 5.14. The lowest BCUT2D eigenvalue weighted by Gasteiger charge is -2.27. The second kappa shape index (κ2) is 3.31. The predicted octanol–water partition coefficient (Wildman–Crippen LogP) is 2.46. The molecule has 0 aliphatic heterocycles. The van der Waals surface area contributed by atoms with Crippen LogP contribution in [0.25, 0.3) is 0 Å². The molecule has 2 nitrogen and oxygen atoms in total. The molecule has 0 heterocycles. The number of nitrogens with zero attached hydrogens (tertiary/aromatic N) is 1. The lowest BCUT2D eigenvalue weighted by Crippen LogP contribution is -2.45. The van der Waals surface area contributed by atoms with Crippen molar-refractivity contribution >= 4 is 0 Å². The minimum atomic E-state index is -0.252. The topological polar surface area (TPSA) is 35.8 Å². The summed E-state index contributed by atoms with van der Waals surface area (Å²) >= 11 is 0. The Bertz CT molecular complexity index is 225. The van der Waals surface area contributed by atoms with Crippen LogP contribution in [0.2, 0.25) is 0 Å². The molecular weight excluding hydrogens is 160 g/mol. The maximum Gasteiger partial charge on any atom is 0.107 e. The minimum Gasteiger partial charge on any atom is -0.297 e. The summed E-state index contributed by atoms with van der Waals surface area (Å²) in [6, 6.07) is 2.85. The summed E-state index contributed by atoms with van der Waals surface area (Å²) in [5.41, 5.74) is 0.0787. The van der Waals surface area contributed by atoms with Crippen LogP contribution in [-0.2, 0) is 0 Å². The monoisotopic (exact) mass is 180 g/mol. The lowest BCUT2D eigenvalue weighted by atomic mass is 9.88. The Kier molecular flexibility index (Phi) is 2.68. The van der Waals surface area contributed by atoms with Gasteiger partial charge in [-0.05, 0) is 38.5 Å². The summed E-state index contributed by atoms with van der Waals surface area (Å²) in [6.07, 6.45) is 3.13. The molecule has 0 aromatic rings. The fourth-order valence-corrected chi connectivity index (χ4v) is 2.35. The van der Waals surface area contributed by atoms with E-state index < -0.39 is 0 Å². The first-order valence-electron chi connectivity index (χ1n) is 5.08. The van der Waals surface area contributed by atoms with E-state index in [0.29, 0.717) is 11.5 Å². The van der Waals surface area contributed by atoms with Crippen LogP contribution < -0.4 is 5.32 Å². The van der Waals surface area contributed by atoms with E-state index in [1.807, 2.05) is 0 Å². The third-order valence-electron chi connectivity index (χ3n) is 2.79. The van der Waals surface area contributed by atoms with Gasteiger partial charge in [0.15, 0.2) is 0 Å². The van der Waals surface area contributed by atoms with Crippen LogP contribution in [0.4, 0.5) is 0 Å². The molecule has 1 saturated carbocycles. The third-order valence-corrected chi connectivity index (χ3v) is 2.79. The summed E-state index contributed by atoms with van der Waals surface area (Å²) < 4.78 is 0. The zero-order valence-electron chi connectivity index (χ0n) is 9.15. The van der Waals surface area contributed by atoms with Gasteiger partial charge in [-0.15, -0.1) is 0 Å². The van der Waals surface area contributed by atoms with Crippen molar-refractivity contribution < 1.29 is 0 Å². The fraction of sp³-hybridized carbons (Fsp3) is 0.909. The molecule has 1 aliphatic carbocycles. The molecule has 0 spiro atoms. The van der Waals surface area contributed by atoms with Gasteiger partial charge in [0.05, 0.1) is 6.07 Å². The van der Waals surface area contributed by atoms with Gasteiger partial charge in [-0.1, -0.05) is 13.8 Å². The van der Waals surface area contributed by atoms with Crippen LogP contribution in [0.15, 0.2) is 0 Å². The summed E-state index contributed by atoms with van der Waals surface area (Å²) in [6.45, 7) is 8.69. The fourth-order valence-electron chi connectivity index (χ4n) is 2.35. The van der Waals surface area contributed by atoms with Crippen molar-refractivity contribution in [3.8, 4) is 6.07 Å². The number of hydrogen-bond acceptors (Lipinski definition) is 2. The normalized spacial score (nSPS) is 32.0. The van der Waals surface area contributed by atoms with Crippen LogP contribution in [0.3, 0.4) is 0 Å². The van der Waals surface area contributed by atoms with Crippen molar-refractivity contribution in [1.29, 1.82) is 5.26 Å². The van der Waals surface area contributed by atoms with Gasteiger partial charge in [0.1, 0.15) is 5.54 Å². The average Bonchev–Trinajstić information content (AvgIpc) is 2.26. The smallest absolute Gasteiger partial charge is 0.107 e. The lowest BCUT2D eigenvalue weighted by molar-refractivity contribution is 0.321. The van der Waals surface area contributed by atoms with Crippen molar-refractivity contribution in [3.63, 3.8) is 0 Å². The zero-order valence-corrected chi connectivity index (χ0v) is 9.15. The minimum absolute atomic E-state index is 0.252. The Morgan fingerprint density at radius 3 is 2.23 bits per heavy atom. The number of hydrogen-bond donors (Lipinski definition) is 1. The molecule has 0 aromatic heterocycles. The standard InChI is InChI=1S/C11H20N2/c1-9(2)13-11(8-12)6-5-10(3,4)7-11/h9,13H,5-7H2,1-4H3. The van der Waals surface area contributed by atoms with E-state index in [2.05, 4.69) is 39.1 Å². The molecule has 1 atom stereocenters. The SMILES string of the molecule is CC(C)NC1(C#N)CCC(C)(C)C1. The van der Waals surface area contributed by atoms with E-state index in [9.17, 15) is 5.26 Å². The van der Waals surface area contributed by atoms with E-state index in [1.165, 1.54) is 0 Å². The van der Waals surface area contributed by atoms with Gasteiger partial charge < -0.3 is 0 Å². The first kappa shape index (κ1) is 10.5. The second-order valence-electron chi connectivity index (χ2n) is 5.33. The second-order valence-corrected chi connectivity index (χ2v) is 5.33. The Hall–Kier alpha value is -0.550. The van der Waals surface area contributed by atoms with Gasteiger partial charge in [0, 0.05) is 6.04 Å². The Labute approximate surface area is 81.3 Å². The van der Waals surface area contributed by atoms with Crippen LogP contribution in [0.5, 0.6) is 0 Å². The molecule has 2 heteroatoms. The Morgan fingerprint density at radius 2 is 1.92 bits per heavy atom. The maximum atomic E-state index is 9.19. The number of rotatable bonds is 2. The summed E-state index contributed by atoms with van der Waals surface area (Å²) in [5.74, 6) is 0. The van der Waals surface area contributed by atoms with Crippen molar-refractivity contribution in [2.75, 3.05) is 0 Å². The molecule has 74 valence electrons. The van der Waals surface area contributed by atoms with Crippen LogP contribution in [-0.4, -0.2) is 11.6 Å². The molecule has 1 aliphatic rings. The van der Waals surface area contributed by atoms with E-state index >= 15 is 0 Å². The van der Waals surface area contributed by atoms with Crippen molar-refractivity contribution in [2.24, 2.45) is 5.41 Å². The summed E-state index contributed by atoms with van der Waals surface area (Å²) in [7, 11) is 0. The molecule has 0 saturated heterocycles. The van der Waals surface area contributed by atoms with Gasteiger partial charge in [-0.3, -0.25) is 5.32 Å². The van der Waals surface area contributed by atoms with E-state index in [-0.39, 0.29) is 5.54 Å². The Balaban J connectivity index is 2.70. The number of nitriles is 1. The molecule has 13 heavy (non-hydrogen) atoms. The largest absolute Gasteiger partial charge is 0.297 e. The molecule has 0 bridgehead atoms. The summed E-state index contributed by atoms with van der Waals surface area (Å²) in [5, 5.41) is 12.6. The number of nitrogens with one attached hydrogen (secondary N) is 1. The highest BCUT2D eigenvalue weighted by atomic mass is 15.0. The van der Waals surface area contributed by atoms with E-state index in [0.717, 1.165) is 19.3 Å². The van der Waals surface area contributed by atoms with E-state index in [4.69, 9.17) is 0 Å². The van der Waals surface area contributed by atoms with Gasteiger partial charge in [-0.25, -0.2) is 0 Å². The average molecular weight is 180 g/mol. The van der Waals surface area contributed by atoms with E-state index in [1.54, 1.807) is 0 Å². The van der Waals surface area contributed by atoms with Crippen molar-refractivity contribution in [3.05, 3.63) is 0 Å². The predicted molar refractivity (Wildman–Crippen MR) is 54.2 cm³/mol. The van der Waals surface area contributed by atoms with Gasteiger partial charge in [0.25, 0.3) is 0 Å². The van der Waals surface area contributed by atoms with Crippen LogP contribution >= 0.6 is 0 Å². The molecule has 0 aromatic carbocycles. The molecule has 1 unspecified atom stereocenters. The van der Waals surface area contributed by atoms with Gasteiger partial charge in [0.2, 0.25) is 0 Å². The molecular formula is C11H20N2. The Morgan fingerprint density at radius 1 is 1.31 bits per heavy atom. The first-order chi connectivity index (χ1) is 5.89. The highest BCUT2D eigenvalue weighted by Gasteiger charge is 2.43.